The number of aromatic nitrogens is 3. The summed E-state index contributed by atoms with van der Waals surface area (Å²) in [4.78, 5) is 1.77. The molecule has 2 aromatic carbocycles. The maximum Gasteiger partial charge on any atom is 0.117 e. The first-order valence-electron chi connectivity index (χ1n) is 9.06. The normalized spacial score (nSPS) is 11.0. The summed E-state index contributed by atoms with van der Waals surface area (Å²) >= 11 is 0. The van der Waals surface area contributed by atoms with E-state index in [4.69, 9.17) is 14.6 Å². The summed E-state index contributed by atoms with van der Waals surface area (Å²) in [6.07, 6.45) is 1.68. The number of benzene rings is 2. The van der Waals surface area contributed by atoms with E-state index in [0.29, 0.717) is 19.6 Å². The summed E-state index contributed by atoms with van der Waals surface area (Å²) in [5.41, 5.74) is 5.35. The Morgan fingerprint density at radius 1 is 0.889 bits per heavy atom. The highest BCUT2D eigenvalue weighted by Gasteiger charge is 2.13. The van der Waals surface area contributed by atoms with Crippen LogP contribution in [-0.2, 0) is 19.6 Å². The number of rotatable bonds is 7. The second-order valence-corrected chi connectivity index (χ2v) is 6.56. The van der Waals surface area contributed by atoms with Crippen molar-refractivity contribution in [1.82, 2.24) is 20.3 Å². The van der Waals surface area contributed by atoms with Crippen molar-refractivity contribution >= 4 is 0 Å². The molecule has 0 saturated carbocycles. The highest BCUT2D eigenvalue weighted by Crippen LogP contribution is 2.20. The average Bonchev–Trinajstić information content (AvgIpc) is 3.35. The molecule has 0 saturated heterocycles. The third-order valence-corrected chi connectivity index (χ3v) is 4.39. The first-order valence-corrected chi connectivity index (χ1v) is 9.06. The van der Waals surface area contributed by atoms with Gasteiger partial charge in [-0.25, -0.2) is 0 Å². The molecule has 27 heavy (non-hydrogen) atoms. The lowest BCUT2D eigenvalue weighted by Gasteiger charge is -2.02. The van der Waals surface area contributed by atoms with Gasteiger partial charge in [0, 0.05) is 12.1 Å². The monoisotopic (exact) mass is 358 g/mol. The van der Waals surface area contributed by atoms with Crippen LogP contribution in [0.5, 0.6) is 0 Å². The van der Waals surface area contributed by atoms with Crippen LogP contribution in [0.2, 0.25) is 0 Å². The molecule has 1 N–H and O–H groups in total. The predicted molar refractivity (Wildman–Crippen MR) is 105 cm³/mol. The summed E-state index contributed by atoms with van der Waals surface area (Å²) < 4.78 is 5.38. The van der Waals surface area contributed by atoms with Crippen molar-refractivity contribution in [2.45, 2.75) is 26.6 Å². The van der Waals surface area contributed by atoms with Crippen molar-refractivity contribution in [3.63, 3.8) is 0 Å². The van der Waals surface area contributed by atoms with Crippen LogP contribution >= 0.6 is 0 Å². The van der Waals surface area contributed by atoms with Gasteiger partial charge in [0.05, 0.1) is 19.4 Å². The van der Waals surface area contributed by atoms with Crippen molar-refractivity contribution in [3.05, 3.63) is 95.6 Å². The van der Waals surface area contributed by atoms with Crippen LogP contribution in [0.15, 0.2) is 77.4 Å². The molecule has 0 spiro atoms. The van der Waals surface area contributed by atoms with Gasteiger partial charge in [-0.3, -0.25) is 0 Å². The molecule has 0 radical (unpaired) electrons. The molecule has 4 rings (SSSR count). The number of furan rings is 1. The smallest absolute Gasteiger partial charge is 0.117 e. The highest BCUT2D eigenvalue weighted by atomic mass is 16.3. The average molecular weight is 358 g/mol. The second kappa shape index (κ2) is 8.01. The summed E-state index contributed by atoms with van der Waals surface area (Å²) in [6.45, 7) is 4.02. The molecule has 0 amide bonds. The summed E-state index contributed by atoms with van der Waals surface area (Å²) in [6, 6.07) is 22.5. The molecule has 0 atom stereocenters. The van der Waals surface area contributed by atoms with Gasteiger partial charge in [0.1, 0.15) is 17.1 Å². The molecule has 136 valence electrons. The fourth-order valence-corrected chi connectivity index (χ4v) is 2.97. The van der Waals surface area contributed by atoms with Crippen LogP contribution in [0.3, 0.4) is 0 Å². The minimum Gasteiger partial charge on any atom is -0.468 e. The van der Waals surface area contributed by atoms with E-state index in [1.54, 1.807) is 11.1 Å². The van der Waals surface area contributed by atoms with Gasteiger partial charge in [-0.05, 0) is 24.6 Å². The fraction of sp³-hybridized carbons (Fsp3) is 0.182. The molecule has 2 aromatic heterocycles. The van der Waals surface area contributed by atoms with Crippen molar-refractivity contribution in [2.75, 3.05) is 0 Å². The first kappa shape index (κ1) is 17.2. The Kier molecular flexibility index (Phi) is 5.12. The van der Waals surface area contributed by atoms with Crippen LogP contribution in [0.25, 0.3) is 11.3 Å². The summed E-state index contributed by atoms with van der Waals surface area (Å²) in [5, 5.41) is 12.9. The number of hydrogen-bond acceptors (Lipinski definition) is 4. The van der Waals surface area contributed by atoms with Crippen LogP contribution in [0, 0.1) is 6.92 Å². The maximum atomic E-state index is 5.38. The molecular formula is C22H22N4O. The number of aryl methyl sites for hydroxylation is 1. The fourth-order valence-electron chi connectivity index (χ4n) is 2.97. The lowest BCUT2D eigenvalue weighted by Crippen LogP contribution is -2.13. The van der Waals surface area contributed by atoms with E-state index in [-0.39, 0.29) is 0 Å². The highest BCUT2D eigenvalue weighted by molar-refractivity contribution is 5.60. The van der Waals surface area contributed by atoms with Gasteiger partial charge in [0.2, 0.25) is 0 Å². The van der Waals surface area contributed by atoms with E-state index >= 15 is 0 Å². The summed E-state index contributed by atoms with van der Waals surface area (Å²) in [7, 11) is 0. The van der Waals surface area contributed by atoms with Crippen molar-refractivity contribution in [3.8, 4) is 11.3 Å². The second-order valence-electron chi connectivity index (χ2n) is 6.56. The molecule has 0 bridgehead atoms. The van der Waals surface area contributed by atoms with Crippen LogP contribution < -0.4 is 5.32 Å². The third kappa shape index (κ3) is 4.33. The molecule has 4 aromatic rings. The lowest BCUT2D eigenvalue weighted by atomic mass is 10.1. The Hall–Kier alpha value is -3.18. The largest absolute Gasteiger partial charge is 0.468 e. The Labute approximate surface area is 158 Å². The van der Waals surface area contributed by atoms with Gasteiger partial charge in [-0.15, -0.1) is 0 Å². The molecule has 0 unspecified atom stereocenters. The van der Waals surface area contributed by atoms with Gasteiger partial charge in [0.15, 0.2) is 0 Å². The standard InChI is InChI=1S/C22H22N4O/c1-17-9-11-18(12-10-17)16-26-24-21(15-23-14-20-8-5-13-27-20)22(25-26)19-6-3-2-4-7-19/h2-13,23H,14-16H2,1H3. The minimum atomic E-state index is 0.624. The third-order valence-electron chi connectivity index (χ3n) is 4.39. The zero-order chi connectivity index (χ0) is 18.5. The Bertz CT molecular complexity index is 973. The Morgan fingerprint density at radius 3 is 2.44 bits per heavy atom. The van der Waals surface area contributed by atoms with Crippen molar-refractivity contribution in [2.24, 2.45) is 0 Å². The maximum absolute atomic E-state index is 5.38. The Morgan fingerprint density at radius 2 is 1.70 bits per heavy atom. The molecule has 0 aliphatic rings. The molecule has 5 heteroatoms. The van der Waals surface area contributed by atoms with Gasteiger partial charge in [-0.1, -0.05) is 60.2 Å². The van der Waals surface area contributed by atoms with E-state index in [9.17, 15) is 0 Å². The quantitative estimate of drug-likeness (QED) is 0.538. The van der Waals surface area contributed by atoms with E-state index in [1.165, 1.54) is 11.1 Å². The number of nitrogens with one attached hydrogen (secondary N) is 1. The topological polar surface area (TPSA) is 55.9 Å². The zero-order valence-electron chi connectivity index (χ0n) is 15.3. The van der Waals surface area contributed by atoms with E-state index in [2.05, 4.69) is 48.6 Å². The van der Waals surface area contributed by atoms with Crippen LogP contribution in [0.4, 0.5) is 0 Å². The van der Waals surface area contributed by atoms with Crippen LogP contribution in [-0.4, -0.2) is 15.0 Å². The van der Waals surface area contributed by atoms with Gasteiger partial charge < -0.3 is 9.73 Å². The van der Waals surface area contributed by atoms with Gasteiger partial charge in [0.25, 0.3) is 0 Å². The SMILES string of the molecule is Cc1ccc(Cn2nc(CNCc3ccco3)c(-c3ccccc3)n2)cc1. The molecular weight excluding hydrogens is 336 g/mol. The van der Waals surface area contributed by atoms with Gasteiger partial charge in [-0.2, -0.15) is 15.0 Å². The predicted octanol–water partition coefficient (Wildman–Crippen LogP) is 4.18. The van der Waals surface area contributed by atoms with E-state index in [1.807, 2.05) is 30.3 Å². The molecule has 0 aliphatic carbocycles. The number of nitrogens with zero attached hydrogens (tertiary/aromatic N) is 3. The number of hydrogen-bond donors (Lipinski definition) is 1. The van der Waals surface area contributed by atoms with Crippen LogP contribution in [0.1, 0.15) is 22.6 Å². The van der Waals surface area contributed by atoms with Crippen molar-refractivity contribution < 1.29 is 4.42 Å². The van der Waals surface area contributed by atoms with E-state index in [0.717, 1.165) is 22.7 Å². The molecule has 5 nitrogen and oxygen atoms in total. The molecule has 0 fully saturated rings. The zero-order valence-corrected chi connectivity index (χ0v) is 15.3. The first-order chi connectivity index (χ1) is 13.3. The van der Waals surface area contributed by atoms with E-state index < -0.39 is 0 Å². The molecule has 0 aliphatic heterocycles. The molecule has 2 heterocycles. The lowest BCUT2D eigenvalue weighted by molar-refractivity contribution is 0.480. The van der Waals surface area contributed by atoms with Gasteiger partial charge >= 0.3 is 0 Å². The van der Waals surface area contributed by atoms with Crippen molar-refractivity contribution in [1.29, 1.82) is 0 Å². The minimum absolute atomic E-state index is 0.624. The summed E-state index contributed by atoms with van der Waals surface area (Å²) in [5.74, 6) is 0.906. The Balaban J connectivity index is 1.55.